The van der Waals surface area contributed by atoms with Gasteiger partial charge in [0.2, 0.25) is 15.8 Å². The third kappa shape index (κ3) is 3.23. The fourth-order valence-corrected chi connectivity index (χ4v) is 4.21. The Labute approximate surface area is 161 Å². The number of hydrogen-bond acceptors (Lipinski definition) is 6. The number of tetrazole rings is 1. The number of rotatable bonds is 3. The zero-order chi connectivity index (χ0) is 21.0. The van der Waals surface area contributed by atoms with Gasteiger partial charge >= 0.3 is 6.18 Å². The predicted molar refractivity (Wildman–Crippen MR) is 92.6 cm³/mol. The number of alkyl halides is 3. The first kappa shape index (κ1) is 19.0. The average Bonchev–Trinajstić information content (AvgIpc) is 3.29. The minimum atomic E-state index is -4.99. The smallest absolute Gasteiger partial charge is 0.348 e. The second-order valence-electron chi connectivity index (χ2n) is 6.20. The molecule has 0 atom stereocenters. The first-order valence-electron chi connectivity index (χ1n) is 7.99. The maximum Gasteiger partial charge on any atom is 0.417 e. The summed E-state index contributed by atoms with van der Waals surface area (Å²) in [6, 6.07) is 6.31. The normalized spacial score (nSPS) is 14.0. The molecule has 0 saturated heterocycles. The molecule has 1 aromatic heterocycles. The van der Waals surface area contributed by atoms with E-state index in [0.29, 0.717) is 22.8 Å². The maximum absolute atomic E-state index is 13.5. The summed E-state index contributed by atoms with van der Waals surface area (Å²) in [4.78, 5) is 10.6. The third-order valence-corrected chi connectivity index (χ3v) is 5.41. The Morgan fingerprint density at radius 2 is 1.83 bits per heavy atom. The highest BCUT2D eigenvalue weighted by molar-refractivity contribution is 7.89. The van der Waals surface area contributed by atoms with Crippen molar-refractivity contribution in [2.45, 2.75) is 17.6 Å². The number of nitrogens with one attached hydrogen (secondary N) is 2. The van der Waals surface area contributed by atoms with Crippen LogP contribution in [0.3, 0.4) is 0 Å². The lowest BCUT2D eigenvalue weighted by Gasteiger charge is -2.17. The summed E-state index contributed by atoms with van der Waals surface area (Å²) in [5.74, 6) is -0.646. The summed E-state index contributed by atoms with van der Waals surface area (Å²) < 4.78 is 64.9. The van der Waals surface area contributed by atoms with Crippen molar-refractivity contribution in [3.8, 4) is 22.5 Å². The largest absolute Gasteiger partial charge is 0.417 e. The van der Waals surface area contributed by atoms with E-state index in [9.17, 15) is 26.4 Å². The van der Waals surface area contributed by atoms with Crippen molar-refractivity contribution in [1.82, 2.24) is 25.9 Å². The summed E-state index contributed by atoms with van der Waals surface area (Å²) in [5, 5.41) is 20.5. The highest BCUT2D eigenvalue weighted by Crippen LogP contribution is 2.43. The van der Waals surface area contributed by atoms with E-state index in [4.69, 9.17) is 5.14 Å². The maximum atomic E-state index is 13.5. The van der Waals surface area contributed by atoms with Crippen molar-refractivity contribution >= 4 is 15.9 Å². The summed E-state index contributed by atoms with van der Waals surface area (Å²) in [5.41, 5.74) is -0.392. The van der Waals surface area contributed by atoms with Crippen molar-refractivity contribution < 1.29 is 26.4 Å². The lowest BCUT2D eigenvalue weighted by Crippen LogP contribution is -2.21. The number of aromatic nitrogens is 4. The van der Waals surface area contributed by atoms with Crippen LogP contribution in [0.15, 0.2) is 35.2 Å². The monoisotopic (exact) mass is 424 g/mol. The van der Waals surface area contributed by atoms with Crippen LogP contribution in [0.1, 0.15) is 21.5 Å². The number of H-pyrrole nitrogens is 1. The van der Waals surface area contributed by atoms with Crippen LogP contribution in [-0.4, -0.2) is 34.9 Å². The molecule has 2 heterocycles. The molecule has 13 heteroatoms. The van der Waals surface area contributed by atoms with E-state index in [0.717, 1.165) is 6.07 Å². The fourth-order valence-electron chi connectivity index (χ4n) is 3.23. The number of primary sulfonamides is 1. The number of benzene rings is 2. The third-order valence-electron chi connectivity index (χ3n) is 4.42. The Bertz CT molecular complexity index is 1240. The van der Waals surface area contributed by atoms with Crippen LogP contribution in [0.25, 0.3) is 22.5 Å². The lowest BCUT2D eigenvalue weighted by atomic mass is 9.94. The van der Waals surface area contributed by atoms with Crippen LogP contribution in [-0.2, 0) is 22.7 Å². The van der Waals surface area contributed by atoms with Crippen LogP contribution in [0.2, 0.25) is 0 Å². The van der Waals surface area contributed by atoms with Gasteiger partial charge in [-0.05, 0) is 40.1 Å². The van der Waals surface area contributed by atoms with Crippen molar-refractivity contribution in [1.29, 1.82) is 0 Å². The minimum absolute atomic E-state index is 0.0885. The highest BCUT2D eigenvalue weighted by Gasteiger charge is 2.40. The number of amides is 1. The van der Waals surface area contributed by atoms with Gasteiger partial charge in [0, 0.05) is 12.1 Å². The molecule has 150 valence electrons. The SMILES string of the molecule is NS(=O)(=O)c1c(C(F)(F)F)ccc(-c2ccc3c(c2)CNC3=O)c1-c1nn[nH]n1. The summed E-state index contributed by atoms with van der Waals surface area (Å²) in [7, 11) is -4.83. The molecule has 4 rings (SSSR count). The molecule has 3 aromatic rings. The molecule has 9 nitrogen and oxygen atoms in total. The quantitative estimate of drug-likeness (QED) is 0.580. The van der Waals surface area contributed by atoms with Crippen molar-refractivity contribution in [2.24, 2.45) is 5.14 Å². The Hall–Kier alpha value is -3.32. The Balaban J connectivity index is 2.07. The van der Waals surface area contributed by atoms with Gasteiger partial charge in [-0.25, -0.2) is 13.6 Å². The van der Waals surface area contributed by atoms with E-state index < -0.39 is 32.2 Å². The van der Waals surface area contributed by atoms with Crippen molar-refractivity contribution in [3.05, 3.63) is 47.0 Å². The molecule has 29 heavy (non-hydrogen) atoms. The average molecular weight is 424 g/mol. The van der Waals surface area contributed by atoms with Crippen LogP contribution in [0.5, 0.6) is 0 Å². The summed E-state index contributed by atoms with van der Waals surface area (Å²) in [6.07, 6.45) is -4.99. The van der Waals surface area contributed by atoms with E-state index in [1.807, 2.05) is 0 Å². The van der Waals surface area contributed by atoms with Crippen LogP contribution < -0.4 is 10.5 Å². The number of fused-ring (bicyclic) bond motifs is 1. The number of carbonyl (C=O) groups excluding carboxylic acids is 1. The van der Waals surface area contributed by atoms with Crippen LogP contribution >= 0.6 is 0 Å². The molecule has 0 bridgehead atoms. The van der Waals surface area contributed by atoms with Crippen molar-refractivity contribution in [3.63, 3.8) is 0 Å². The number of halogens is 3. The number of sulfonamides is 1. The molecule has 2 aromatic carbocycles. The summed E-state index contributed by atoms with van der Waals surface area (Å²) >= 11 is 0. The first-order valence-corrected chi connectivity index (χ1v) is 9.54. The molecule has 4 N–H and O–H groups in total. The molecule has 0 aliphatic carbocycles. The van der Waals surface area contributed by atoms with Gasteiger partial charge in [0.05, 0.1) is 11.1 Å². The molecule has 0 spiro atoms. The number of hydrogen-bond donors (Lipinski definition) is 3. The molecule has 1 aliphatic rings. The fraction of sp³-hybridized carbons (Fsp3) is 0.125. The van der Waals surface area contributed by atoms with Gasteiger partial charge in [0.15, 0.2) is 0 Å². The molecule has 0 radical (unpaired) electrons. The van der Waals surface area contributed by atoms with Gasteiger partial charge in [-0.3, -0.25) is 4.79 Å². The number of aromatic amines is 1. The number of carbonyl (C=O) groups is 1. The molecular formula is C16H11F3N6O3S. The van der Waals surface area contributed by atoms with Gasteiger partial charge in [-0.15, -0.1) is 10.2 Å². The van der Waals surface area contributed by atoms with Crippen LogP contribution in [0, 0.1) is 0 Å². The Kier molecular flexibility index (Phi) is 4.16. The number of nitrogens with zero attached hydrogens (tertiary/aromatic N) is 3. The van der Waals surface area contributed by atoms with E-state index >= 15 is 0 Å². The molecule has 0 saturated carbocycles. The van der Waals surface area contributed by atoms with Crippen molar-refractivity contribution in [2.75, 3.05) is 0 Å². The number of nitrogens with two attached hydrogens (primary N) is 1. The second-order valence-corrected chi connectivity index (χ2v) is 7.70. The molecule has 1 aliphatic heterocycles. The minimum Gasteiger partial charge on any atom is -0.348 e. The zero-order valence-electron chi connectivity index (χ0n) is 14.3. The van der Waals surface area contributed by atoms with E-state index in [1.165, 1.54) is 12.1 Å². The molecular weight excluding hydrogens is 413 g/mol. The van der Waals surface area contributed by atoms with Gasteiger partial charge < -0.3 is 5.32 Å². The van der Waals surface area contributed by atoms with Gasteiger partial charge in [-0.2, -0.15) is 18.4 Å². The first-order chi connectivity index (χ1) is 13.6. The van der Waals surface area contributed by atoms with E-state index in [1.54, 1.807) is 6.07 Å². The van der Waals surface area contributed by atoms with Gasteiger partial charge in [0.1, 0.15) is 4.90 Å². The van der Waals surface area contributed by atoms with Gasteiger partial charge in [0.25, 0.3) is 5.91 Å². The topological polar surface area (TPSA) is 144 Å². The molecule has 0 unspecified atom stereocenters. The Morgan fingerprint density at radius 3 is 2.45 bits per heavy atom. The van der Waals surface area contributed by atoms with Gasteiger partial charge in [-0.1, -0.05) is 12.1 Å². The highest BCUT2D eigenvalue weighted by atomic mass is 32.2. The van der Waals surface area contributed by atoms with E-state index in [2.05, 4.69) is 25.9 Å². The zero-order valence-corrected chi connectivity index (χ0v) is 15.1. The predicted octanol–water partition coefficient (Wildman–Crippen LogP) is 1.44. The molecule has 1 amide bonds. The van der Waals surface area contributed by atoms with E-state index in [-0.39, 0.29) is 23.8 Å². The molecule has 0 fully saturated rings. The standard InChI is InChI=1S/C16H11F3N6O3S/c17-16(18,19)11-4-3-9(7-1-2-10-8(5-7)6-21-15(10)26)12(13(11)29(20,27)28)14-22-24-25-23-14/h1-5H,6H2,(H,21,26)(H2,20,27,28)(H,22,23,24,25). The Morgan fingerprint density at radius 1 is 1.10 bits per heavy atom. The van der Waals surface area contributed by atoms with Crippen LogP contribution in [0.4, 0.5) is 13.2 Å². The summed E-state index contributed by atoms with van der Waals surface area (Å²) in [6.45, 7) is 0.238. The second kappa shape index (κ2) is 6.35. The lowest BCUT2D eigenvalue weighted by molar-refractivity contribution is -0.139.